The van der Waals surface area contributed by atoms with Crippen molar-refractivity contribution in [2.45, 2.75) is 185 Å². The van der Waals surface area contributed by atoms with Crippen LogP contribution in [0.4, 0.5) is 0 Å². The van der Waals surface area contributed by atoms with E-state index in [1.165, 1.54) is 14.0 Å². The second kappa shape index (κ2) is 17.6. The van der Waals surface area contributed by atoms with E-state index < -0.39 is 90.0 Å². The monoisotopic (exact) mass is 734 g/mol. The molecule has 0 radical (unpaired) electrons. The molecule has 0 unspecified atom stereocenters. The van der Waals surface area contributed by atoms with Crippen LogP contribution in [-0.2, 0) is 33.2 Å². The Morgan fingerprint density at radius 2 is 1.59 bits per heavy atom. The number of hydrogen-bond acceptors (Lipinski definition) is 14. The molecule has 3 rings (SSSR count). The van der Waals surface area contributed by atoms with Crippen molar-refractivity contribution >= 4 is 5.97 Å². The van der Waals surface area contributed by atoms with Crippen LogP contribution >= 0.6 is 0 Å². The van der Waals surface area contributed by atoms with E-state index in [4.69, 9.17) is 28.4 Å². The molecule has 0 aromatic heterocycles. The number of aliphatic hydroxyl groups excluding tert-OH is 3. The largest absolute Gasteiger partial charge is 0.459 e. The maximum Gasteiger partial charge on any atom is 0.308 e. The van der Waals surface area contributed by atoms with Crippen molar-refractivity contribution in [3.63, 3.8) is 0 Å². The normalized spacial score (nSPS) is 48.9. The highest BCUT2D eigenvalue weighted by atomic mass is 16.7. The van der Waals surface area contributed by atoms with Gasteiger partial charge in [0, 0.05) is 38.1 Å². The number of methoxy groups -OCH3 is 1. The van der Waals surface area contributed by atoms with Crippen molar-refractivity contribution in [3.8, 4) is 0 Å². The lowest BCUT2D eigenvalue weighted by Gasteiger charge is -2.48. The van der Waals surface area contributed by atoms with Gasteiger partial charge < -0.3 is 63.8 Å². The topological polar surface area (TPSA) is 180 Å². The number of likely N-dealkylation sites (N-methyl/N-ethyl adjacent to an activating group) is 2. The summed E-state index contributed by atoms with van der Waals surface area (Å²) in [6.45, 7) is 16.4. The lowest BCUT2D eigenvalue weighted by molar-refractivity contribution is -0.315. The maximum atomic E-state index is 13.9. The summed E-state index contributed by atoms with van der Waals surface area (Å²) in [7, 11) is 7.11. The predicted molar refractivity (Wildman–Crippen MR) is 190 cm³/mol. The molecule has 300 valence electrons. The molecule has 0 spiro atoms. The van der Waals surface area contributed by atoms with Crippen molar-refractivity contribution in [1.82, 2.24) is 9.80 Å². The molecule has 14 heteroatoms. The van der Waals surface area contributed by atoms with Gasteiger partial charge in [-0.3, -0.25) is 4.79 Å². The quantitative estimate of drug-likeness (QED) is 0.239. The fraction of sp³-hybridized carbons (Fsp3) is 0.973. The van der Waals surface area contributed by atoms with Gasteiger partial charge in [0.1, 0.15) is 30.0 Å². The average molecular weight is 735 g/mol. The zero-order valence-corrected chi connectivity index (χ0v) is 33.3. The standard InChI is InChI=1S/C37H70N2O12/c1-14-27-37(9,45)31(42)23(5)39(12)19-20(2)17-35(7,44)33(51-34-30(41)25(38(10)11)15-21(3)47-34)22(4)26(16-28(40)50-27)49-29-18-36(8,46-13)32(43)24(6)48-29/h20-27,29-34,41-45H,14-19H2,1-13H3/t20-,21-,22+,23-,24+,25+,26-,27-,29+,30-,31-,32+,33-,34+,35-,36-,37-/m1/s1. The molecule has 3 aliphatic heterocycles. The van der Waals surface area contributed by atoms with Gasteiger partial charge in [-0.25, -0.2) is 0 Å². The summed E-state index contributed by atoms with van der Waals surface area (Å²) >= 11 is 0. The third-order valence-corrected chi connectivity index (χ3v) is 11.8. The molecular weight excluding hydrogens is 664 g/mol. The number of hydrogen-bond donors (Lipinski definition) is 5. The van der Waals surface area contributed by atoms with Gasteiger partial charge in [0.05, 0.1) is 42.0 Å². The summed E-state index contributed by atoms with van der Waals surface area (Å²) in [6, 6.07) is -0.795. The molecule has 3 fully saturated rings. The van der Waals surface area contributed by atoms with Crippen LogP contribution in [0.2, 0.25) is 0 Å². The van der Waals surface area contributed by atoms with Crippen LogP contribution in [0.25, 0.3) is 0 Å². The molecule has 0 aliphatic carbocycles. The summed E-state index contributed by atoms with van der Waals surface area (Å²) in [5.74, 6) is -1.55. The molecule has 17 atom stereocenters. The maximum absolute atomic E-state index is 13.9. The first-order valence-corrected chi connectivity index (χ1v) is 18.7. The number of carbonyl (C=O) groups excluding carboxylic acids is 1. The minimum Gasteiger partial charge on any atom is -0.459 e. The highest BCUT2D eigenvalue weighted by molar-refractivity contribution is 5.70. The molecule has 51 heavy (non-hydrogen) atoms. The van der Waals surface area contributed by atoms with Gasteiger partial charge in [0.2, 0.25) is 0 Å². The highest BCUT2D eigenvalue weighted by Gasteiger charge is 2.51. The lowest BCUT2D eigenvalue weighted by atomic mass is 9.79. The van der Waals surface area contributed by atoms with E-state index in [1.807, 2.05) is 51.7 Å². The van der Waals surface area contributed by atoms with Crippen LogP contribution < -0.4 is 0 Å². The van der Waals surface area contributed by atoms with Gasteiger partial charge in [0.15, 0.2) is 12.6 Å². The van der Waals surface area contributed by atoms with Crippen molar-refractivity contribution in [2.75, 3.05) is 34.8 Å². The first kappa shape index (κ1) is 44.4. The predicted octanol–water partition coefficient (Wildman–Crippen LogP) is 1.65. The molecule has 0 amide bonds. The molecule has 3 saturated heterocycles. The second-order valence-electron chi connectivity index (χ2n) is 16.7. The Labute approximate surface area is 305 Å². The summed E-state index contributed by atoms with van der Waals surface area (Å²) in [4.78, 5) is 17.7. The van der Waals surface area contributed by atoms with Crippen molar-refractivity contribution < 1.29 is 58.7 Å². The number of cyclic esters (lactones) is 1. The van der Waals surface area contributed by atoms with Crippen molar-refractivity contribution in [2.24, 2.45) is 11.8 Å². The number of rotatable bonds is 7. The number of aliphatic hydroxyl groups is 5. The molecule has 0 aromatic rings. The lowest BCUT2D eigenvalue weighted by Crippen LogP contribution is -2.59. The van der Waals surface area contributed by atoms with Crippen LogP contribution in [-0.4, -0.2) is 166 Å². The Balaban J connectivity index is 2.12. The summed E-state index contributed by atoms with van der Waals surface area (Å²) in [5.41, 5.74) is -4.34. The van der Waals surface area contributed by atoms with Crippen LogP contribution in [0.15, 0.2) is 0 Å². The second-order valence-corrected chi connectivity index (χ2v) is 16.7. The fourth-order valence-corrected chi connectivity index (χ4v) is 8.43. The van der Waals surface area contributed by atoms with Crippen molar-refractivity contribution in [3.05, 3.63) is 0 Å². The third kappa shape index (κ3) is 10.4. The molecule has 3 heterocycles. The van der Waals surface area contributed by atoms with Gasteiger partial charge in [-0.05, 0) is 87.9 Å². The first-order chi connectivity index (χ1) is 23.5. The molecule has 14 nitrogen and oxygen atoms in total. The van der Waals surface area contributed by atoms with Gasteiger partial charge in [-0.15, -0.1) is 0 Å². The summed E-state index contributed by atoms with van der Waals surface area (Å²) < 4.78 is 37.2. The Hall–Kier alpha value is -1.01. The zero-order valence-electron chi connectivity index (χ0n) is 33.3. The average Bonchev–Trinajstić information content (AvgIpc) is 3.03. The van der Waals surface area contributed by atoms with Crippen molar-refractivity contribution in [1.29, 1.82) is 0 Å². The molecule has 5 N–H and O–H groups in total. The zero-order chi connectivity index (χ0) is 38.8. The fourth-order valence-electron chi connectivity index (χ4n) is 8.43. The van der Waals surface area contributed by atoms with Crippen LogP contribution in [0.1, 0.15) is 94.4 Å². The van der Waals surface area contributed by atoms with Crippen LogP contribution in [0.5, 0.6) is 0 Å². The van der Waals surface area contributed by atoms with E-state index in [0.29, 0.717) is 13.0 Å². The Kier molecular flexibility index (Phi) is 15.3. The van der Waals surface area contributed by atoms with E-state index in [0.717, 1.165) is 0 Å². The molecular formula is C37H70N2O12. The number of carbonyl (C=O) groups is 1. The number of esters is 1. The van der Waals surface area contributed by atoms with Gasteiger partial charge in [-0.2, -0.15) is 0 Å². The van der Waals surface area contributed by atoms with Gasteiger partial charge in [0.25, 0.3) is 0 Å². The minimum atomic E-state index is -1.78. The van der Waals surface area contributed by atoms with E-state index in [1.54, 1.807) is 34.6 Å². The van der Waals surface area contributed by atoms with Crippen LogP contribution in [0.3, 0.4) is 0 Å². The number of nitrogens with zero attached hydrogens (tertiary/aromatic N) is 2. The molecule has 0 aromatic carbocycles. The summed E-state index contributed by atoms with van der Waals surface area (Å²) in [5, 5.41) is 57.8. The smallest absolute Gasteiger partial charge is 0.308 e. The SMILES string of the molecule is CC[C@H]1OC(=O)C[C@@H](O[C@H]2C[C@@](C)(OC)[C@@H](O)[C@H](C)O2)[C@H](C)[C@@H](O[C@@H]2O[C@H](C)C[C@H](N(C)C)[C@H]2O)[C@](C)(O)C[C@@H](C)CN(C)[C@H](C)[C@@H](O)[C@]1(C)O. The molecule has 0 saturated carbocycles. The Morgan fingerprint density at radius 1 is 0.961 bits per heavy atom. The Morgan fingerprint density at radius 3 is 2.16 bits per heavy atom. The minimum absolute atomic E-state index is 0.135. The number of ether oxygens (including phenoxy) is 6. The van der Waals surface area contributed by atoms with E-state index >= 15 is 0 Å². The van der Waals surface area contributed by atoms with Gasteiger partial charge in [-0.1, -0.05) is 20.8 Å². The van der Waals surface area contributed by atoms with E-state index in [-0.39, 0.29) is 43.7 Å². The Bertz CT molecular complexity index is 1110. The third-order valence-electron chi connectivity index (χ3n) is 11.8. The van der Waals surface area contributed by atoms with E-state index in [2.05, 4.69) is 0 Å². The molecule has 0 bridgehead atoms. The highest BCUT2D eigenvalue weighted by Crippen LogP contribution is 2.39. The van der Waals surface area contributed by atoms with Crippen LogP contribution in [0, 0.1) is 11.8 Å². The summed E-state index contributed by atoms with van der Waals surface area (Å²) in [6.07, 6.45) is -8.36. The van der Waals surface area contributed by atoms with E-state index in [9.17, 15) is 30.3 Å². The van der Waals surface area contributed by atoms with Gasteiger partial charge >= 0.3 is 5.97 Å². The molecule has 3 aliphatic rings. The first-order valence-electron chi connectivity index (χ1n) is 18.7.